The summed E-state index contributed by atoms with van der Waals surface area (Å²) < 4.78 is 0. The van der Waals surface area contributed by atoms with E-state index in [1.807, 2.05) is 0 Å². The highest BCUT2D eigenvalue weighted by atomic mass is 15.3. The van der Waals surface area contributed by atoms with Crippen LogP contribution in [0.3, 0.4) is 0 Å². The second kappa shape index (κ2) is 12.3. The van der Waals surface area contributed by atoms with E-state index < -0.39 is 0 Å². The highest BCUT2D eigenvalue weighted by Crippen LogP contribution is 2.37. The van der Waals surface area contributed by atoms with Crippen molar-refractivity contribution in [1.82, 2.24) is 9.80 Å². The summed E-state index contributed by atoms with van der Waals surface area (Å²) in [6.07, 6.45) is 15.5. The molecule has 6 atom stereocenters. The van der Waals surface area contributed by atoms with Crippen LogP contribution in [0.2, 0.25) is 0 Å². The molecule has 2 heterocycles. The van der Waals surface area contributed by atoms with Crippen LogP contribution in [0.4, 0.5) is 0 Å². The van der Waals surface area contributed by atoms with E-state index in [-0.39, 0.29) is 0 Å². The van der Waals surface area contributed by atoms with Crippen molar-refractivity contribution in [2.24, 2.45) is 29.6 Å². The van der Waals surface area contributed by atoms with Crippen LogP contribution in [0.25, 0.3) is 0 Å². The van der Waals surface area contributed by atoms with Crippen LogP contribution in [0.5, 0.6) is 0 Å². The van der Waals surface area contributed by atoms with Gasteiger partial charge in [-0.15, -0.1) is 0 Å². The van der Waals surface area contributed by atoms with Crippen LogP contribution in [0.1, 0.15) is 80.1 Å². The number of hydrogen-bond acceptors (Lipinski definition) is 2. The molecule has 2 rings (SSSR count). The zero-order valence-corrected chi connectivity index (χ0v) is 20.7. The van der Waals surface area contributed by atoms with E-state index in [0.29, 0.717) is 0 Å². The monoisotopic (exact) mass is 402 g/mol. The second-order valence-corrected chi connectivity index (χ2v) is 10.7. The Morgan fingerprint density at radius 3 is 2.45 bits per heavy atom. The largest absolute Gasteiger partial charge is 0.299 e. The first kappa shape index (κ1) is 24.7. The van der Waals surface area contributed by atoms with E-state index in [4.69, 9.17) is 0 Å². The Balaban J connectivity index is 2.13. The zero-order chi connectivity index (χ0) is 21.4. The second-order valence-electron chi connectivity index (χ2n) is 10.7. The summed E-state index contributed by atoms with van der Waals surface area (Å²) >= 11 is 0. The summed E-state index contributed by atoms with van der Waals surface area (Å²) in [7, 11) is 2.26. The third kappa shape index (κ3) is 8.58. The van der Waals surface area contributed by atoms with Crippen molar-refractivity contribution in [3.63, 3.8) is 0 Å². The predicted octanol–water partition coefficient (Wildman–Crippen LogP) is 6.64. The summed E-state index contributed by atoms with van der Waals surface area (Å²) in [5.74, 6) is 3.95. The van der Waals surface area contributed by atoms with Crippen molar-refractivity contribution >= 4 is 0 Å². The van der Waals surface area contributed by atoms with Gasteiger partial charge in [-0.1, -0.05) is 64.8 Å². The molecule has 0 saturated carbocycles. The Bertz CT molecular complexity index is 521. The van der Waals surface area contributed by atoms with Gasteiger partial charge < -0.3 is 0 Å². The molecule has 0 aromatic rings. The predicted molar refractivity (Wildman–Crippen MR) is 129 cm³/mol. The lowest BCUT2D eigenvalue weighted by molar-refractivity contribution is 0.207. The van der Waals surface area contributed by atoms with Crippen LogP contribution in [0, 0.1) is 29.6 Å². The summed E-state index contributed by atoms with van der Waals surface area (Å²) in [5, 5.41) is 0. The third-order valence-corrected chi connectivity index (χ3v) is 7.45. The lowest BCUT2D eigenvalue weighted by Crippen LogP contribution is -2.33. The fraction of sp³-hybridized carbons (Fsp3) is 0.852. The summed E-state index contributed by atoms with van der Waals surface area (Å²) in [6, 6.07) is 0.799. The van der Waals surface area contributed by atoms with Gasteiger partial charge in [-0.25, -0.2) is 0 Å². The molecule has 2 aliphatic rings. The Morgan fingerprint density at radius 2 is 1.86 bits per heavy atom. The molecule has 0 bridgehead atoms. The molecular weight excluding hydrogens is 352 g/mol. The van der Waals surface area contributed by atoms with Crippen LogP contribution < -0.4 is 0 Å². The maximum absolute atomic E-state index is 2.72. The average molecular weight is 403 g/mol. The topological polar surface area (TPSA) is 6.25 Å². The number of nitrogens with zero attached hydrogens (tertiary/aromatic N) is 2. The maximum atomic E-state index is 2.72. The Hall–Kier alpha value is -0.600. The minimum Gasteiger partial charge on any atom is -0.299 e. The van der Waals surface area contributed by atoms with Crippen molar-refractivity contribution in [2.45, 2.75) is 86.1 Å². The molecule has 2 nitrogen and oxygen atoms in total. The molecule has 29 heavy (non-hydrogen) atoms. The first-order chi connectivity index (χ1) is 13.8. The van der Waals surface area contributed by atoms with E-state index >= 15 is 0 Å². The van der Waals surface area contributed by atoms with Gasteiger partial charge in [-0.2, -0.15) is 0 Å². The molecule has 1 fully saturated rings. The van der Waals surface area contributed by atoms with E-state index in [1.54, 1.807) is 5.57 Å². The van der Waals surface area contributed by atoms with Gasteiger partial charge in [-0.05, 0) is 75.7 Å². The van der Waals surface area contributed by atoms with Gasteiger partial charge in [0.05, 0.1) is 0 Å². The molecule has 1 saturated heterocycles. The van der Waals surface area contributed by atoms with Crippen molar-refractivity contribution in [3.05, 3.63) is 23.8 Å². The Labute approximate surface area is 182 Å². The molecule has 0 aromatic heterocycles. The normalized spacial score (nSPS) is 35.0. The smallest absolute Gasteiger partial charge is 0.0348 e. The van der Waals surface area contributed by atoms with E-state index in [0.717, 1.165) is 42.2 Å². The van der Waals surface area contributed by atoms with Gasteiger partial charge in [0, 0.05) is 32.2 Å². The Kier molecular flexibility index (Phi) is 10.5. The van der Waals surface area contributed by atoms with Crippen molar-refractivity contribution in [3.8, 4) is 0 Å². The fourth-order valence-electron chi connectivity index (χ4n) is 5.28. The van der Waals surface area contributed by atoms with Crippen LogP contribution in [0.15, 0.2) is 23.8 Å². The molecule has 0 aliphatic carbocycles. The number of hydrogen-bond donors (Lipinski definition) is 0. The van der Waals surface area contributed by atoms with Crippen molar-refractivity contribution in [1.29, 1.82) is 0 Å². The maximum Gasteiger partial charge on any atom is 0.0348 e. The molecule has 0 amide bonds. The molecule has 0 aromatic carbocycles. The van der Waals surface area contributed by atoms with Crippen LogP contribution in [-0.4, -0.2) is 49.1 Å². The minimum absolute atomic E-state index is 0.723. The van der Waals surface area contributed by atoms with Crippen LogP contribution >= 0.6 is 0 Å². The van der Waals surface area contributed by atoms with E-state index in [2.05, 4.69) is 76.6 Å². The standard InChI is InChI=1S/C27H50N2/c1-8-24-11-10-16-29(20-26-19-28(26)7)18-23(6)14-15-25(9-2)27(24)17-22(5)13-12-21(3)4/h10-11,13,21,23-27H,8-9,12,14-20H2,1-7H3. The molecule has 0 spiro atoms. The van der Waals surface area contributed by atoms with E-state index in [1.165, 1.54) is 58.2 Å². The van der Waals surface area contributed by atoms with Gasteiger partial charge in [0.2, 0.25) is 0 Å². The van der Waals surface area contributed by atoms with Crippen molar-refractivity contribution < 1.29 is 0 Å². The third-order valence-electron chi connectivity index (χ3n) is 7.45. The summed E-state index contributed by atoms with van der Waals surface area (Å²) in [4.78, 5) is 5.20. The minimum atomic E-state index is 0.723. The first-order valence-corrected chi connectivity index (χ1v) is 12.6. The van der Waals surface area contributed by atoms with Gasteiger partial charge in [0.25, 0.3) is 0 Å². The molecular formula is C27H50N2. The fourth-order valence-corrected chi connectivity index (χ4v) is 5.28. The lowest BCUT2D eigenvalue weighted by Gasteiger charge is -2.33. The summed E-state index contributed by atoms with van der Waals surface area (Å²) in [5.41, 5.74) is 1.62. The van der Waals surface area contributed by atoms with Gasteiger partial charge in [0.1, 0.15) is 0 Å². The molecule has 2 heteroatoms. The highest BCUT2D eigenvalue weighted by molar-refractivity contribution is 5.05. The average Bonchev–Trinajstić information content (AvgIpc) is 3.37. The molecule has 2 aliphatic heterocycles. The summed E-state index contributed by atoms with van der Waals surface area (Å²) in [6.45, 7) is 19.3. The molecule has 6 unspecified atom stereocenters. The van der Waals surface area contributed by atoms with E-state index in [9.17, 15) is 0 Å². The highest BCUT2D eigenvalue weighted by Gasteiger charge is 2.32. The van der Waals surface area contributed by atoms with Crippen LogP contribution in [-0.2, 0) is 0 Å². The van der Waals surface area contributed by atoms with Gasteiger partial charge in [-0.3, -0.25) is 9.80 Å². The Morgan fingerprint density at radius 1 is 1.14 bits per heavy atom. The van der Waals surface area contributed by atoms with Crippen molar-refractivity contribution in [2.75, 3.05) is 33.2 Å². The quantitative estimate of drug-likeness (QED) is 0.331. The SMILES string of the molecule is CCC1C=CCN(CC2CN2C)CC(C)CCC(CC)C1CC(C)=CCC(C)C. The van der Waals surface area contributed by atoms with Gasteiger partial charge >= 0.3 is 0 Å². The lowest BCUT2D eigenvalue weighted by atomic mass is 9.73. The molecule has 0 radical (unpaired) electrons. The van der Waals surface area contributed by atoms with Gasteiger partial charge in [0.15, 0.2) is 0 Å². The molecule has 168 valence electrons. The number of rotatable bonds is 8. The first-order valence-electron chi connectivity index (χ1n) is 12.6. The number of allylic oxidation sites excluding steroid dienone is 3. The number of likely N-dealkylation sites (N-methyl/N-ethyl adjacent to an activating group) is 1. The zero-order valence-electron chi connectivity index (χ0n) is 20.7. The molecule has 0 N–H and O–H groups in total.